The van der Waals surface area contributed by atoms with Gasteiger partial charge in [0.2, 0.25) is 0 Å². The second-order valence-corrected chi connectivity index (χ2v) is 28.0. The highest BCUT2D eigenvalue weighted by Crippen LogP contribution is 2.54. The normalized spacial score (nSPS) is 14.1. The van der Waals surface area contributed by atoms with Crippen LogP contribution >= 0.6 is 0 Å². The Kier molecular flexibility index (Phi) is 11.7. The number of rotatable bonds is 5. The van der Waals surface area contributed by atoms with E-state index < -0.39 is 6.71 Å². The second-order valence-electron chi connectivity index (χ2n) is 28.0. The van der Waals surface area contributed by atoms with Crippen LogP contribution in [0.4, 0.5) is 51.2 Å². The Bertz CT molecular complexity index is 3450. The van der Waals surface area contributed by atoms with E-state index in [1.54, 1.807) is 0 Å². The molecular formula is C70H78BN3O2. The molecule has 2 aliphatic heterocycles. The molecule has 5 nitrogen and oxygen atoms in total. The zero-order valence-corrected chi connectivity index (χ0v) is 48.6. The van der Waals surface area contributed by atoms with Gasteiger partial charge >= 0.3 is 6.71 Å². The van der Waals surface area contributed by atoms with Gasteiger partial charge in [0, 0.05) is 56.0 Å². The van der Waals surface area contributed by atoms with E-state index >= 15 is 0 Å². The van der Waals surface area contributed by atoms with Crippen molar-refractivity contribution < 1.29 is 8.83 Å². The highest BCUT2D eigenvalue weighted by molar-refractivity contribution is 6.99. The van der Waals surface area contributed by atoms with Crippen molar-refractivity contribution in [2.75, 3.05) is 14.7 Å². The summed E-state index contributed by atoms with van der Waals surface area (Å²) in [6.07, 6.45) is 0. The maximum Gasteiger partial charge on any atom is 0.342 e. The molecule has 0 radical (unpaired) electrons. The highest BCUT2D eigenvalue weighted by atomic mass is 16.3. The Balaban J connectivity index is 1.37. The first-order valence-corrected chi connectivity index (χ1v) is 27.6. The van der Waals surface area contributed by atoms with Gasteiger partial charge in [0.05, 0.1) is 17.1 Å². The summed E-state index contributed by atoms with van der Waals surface area (Å²) in [4.78, 5) is 7.49. The van der Waals surface area contributed by atoms with Gasteiger partial charge in [-0.2, -0.15) is 0 Å². The Labute approximate surface area is 454 Å². The van der Waals surface area contributed by atoms with E-state index in [1.807, 2.05) is 0 Å². The van der Waals surface area contributed by atoms with Crippen LogP contribution in [0.2, 0.25) is 0 Å². The Morgan fingerprint density at radius 3 is 1.01 bits per heavy atom. The van der Waals surface area contributed by atoms with Crippen molar-refractivity contribution in [1.29, 1.82) is 0 Å². The van der Waals surface area contributed by atoms with Crippen molar-refractivity contribution >= 4 is 96.6 Å². The standard InChI is InChI=1S/C70H78BN3O2/c1-65(2,3)43-29-33-49(34-30-43)73-56-41-51(72(47-25-21-19-22-26-47)48-27-23-20-24-28-48)42-57-58(56)71(63-59(73)52-37-45(67(7,8)9)39-54(61(52)75-63)69(13,14)15)64-60(74(57)50-35-31-44(32-36-50)66(4,5)6)53-38-46(68(10,11)12)40-55(62(53)76-64)70(16,17)18/h19-42H,1-18H3. The predicted molar refractivity (Wildman–Crippen MR) is 327 cm³/mol. The van der Waals surface area contributed by atoms with E-state index in [9.17, 15) is 0 Å². The first-order chi connectivity index (χ1) is 35.5. The summed E-state index contributed by atoms with van der Waals surface area (Å²) in [6.45, 7) is 41.2. The van der Waals surface area contributed by atoms with Crippen molar-refractivity contribution in [3.05, 3.63) is 179 Å². The van der Waals surface area contributed by atoms with Gasteiger partial charge < -0.3 is 23.5 Å². The number of nitrogens with zero attached hydrogens (tertiary/aromatic N) is 3. The minimum atomic E-state index is -0.405. The molecule has 0 spiro atoms. The number of anilines is 9. The molecule has 0 amide bonds. The van der Waals surface area contributed by atoms with Crippen LogP contribution in [0, 0.1) is 0 Å². The van der Waals surface area contributed by atoms with Gasteiger partial charge in [0.15, 0.2) is 0 Å². The molecule has 2 aromatic heterocycles. The third-order valence-electron chi connectivity index (χ3n) is 16.1. The van der Waals surface area contributed by atoms with Crippen molar-refractivity contribution in [2.24, 2.45) is 0 Å². The van der Waals surface area contributed by atoms with Gasteiger partial charge in [0.25, 0.3) is 0 Å². The third-order valence-corrected chi connectivity index (χ3v) is 16.1. The summed E-state index contributed by atoms with van der Waals surface area (Å²) in [6, 6.07) is 54.8. The van der Waals surface area contributed by atoms with Gasteiger partial charge in [-0.15, -0.1) is 0 Å². The van der Waals surface area contributed by atoms with Gasteiger partial charge in [-0.25, -0.2) is 0 Å². The number of benzene rings is 7. The maximum absolute atomic E-state index is 7.80. The van der Waals surface area contributed by atoms with E-state index in [0.29, 0.717) is 0 Å². The molecule has 0 saturated heterocycles. The van der Waals surface area contributed by atoms with Gasteiger partial charge in [-0.3, -0.25) is 0 Å². The van der Waals surface area contributed by atoms with E-state index in [4.69, 9.17) is 8.83 Å². The molecule has 6 heteroatoms. The molecular weight excluding hydrogens is 926 g/mol. The lowest BCUT2D eigenvalue weighted by atomic mass is 9.37. The van der Waals surface area contributed by atoms with Crippen LogP contribution in [-0.2, 0) is 32.5 Å². The number of fused-ring (bicyclic) bond motifs is 8. The monoisotopic (exact) mass is 1000 g/mol. The van der Waals surface area contributed by atoms with Crippen LogP contribution in [0.15, 0.2) is 154 Å². The van der Waals surface area contributed by atoms with Crippen LogP contribution in [0.3, 0.4) is 0 Å². The smallest absolute Gasteiger partial charge is 0.342 e. The molecule has 0 unspecified atom stereocenters. The third kappa shape index (κ3) is 8.55. The van der Waals surface area contributed by atoms with E-state index in [1.165, 1.54) is 33.4 Å². The Morgan fingerprint density at radius 2 is 0.697 bits per heavy atom. The van der Waals surface area contributed by atoms with Gasteiger partial charge in [-0.05, 0) is 133 Å². The Hall–Kier alpha value is -6.92. The molecule has 0 aliphatic carbocycles. The lowest BCUT2D eigenvalue weighted by Crippen LogP contribution is -2.60. The fraction of sp³-hybridized carbons (Fsp3) is 0.343. The van der Waals surface area contributed by atoms with Crippen LogP contribution in [0.5, 0.6) is 0 Å². The number of furan rings is 2. The Morgan fingerprint density at radius 1 is 0.355 bits per heavy atom. The number of hydrogen-bond donors (Lipinski definition) is 0. The van der Waals surface area contributed by atoms with Gasteiger partial charge in [0.1, 0.15) is 22.5 Å². The molecule has 0 fully saturated rings. The molecule has 0 N–H and O–H groups in total. The molecule has 11 rings (SSSR count). The van der Waals surface area contributed by atoms with Crippen molar-refractivity contribution in [3.63, 3.8) is 0 Å². The van der Waals surface area contributed by atoms with E-state index in [2.05, 4.69) is 285 Å². The predicted octanol–water partition coefficient (Wildman–Crippen LogP) is 18.5. The SMILES string of the molecule is CC(C)(C)c1ccc(N2c3cc(N(c4ccccc4)c4ccccc4)cc4c3B(c3oc5c(C(C)(C)C)cc(C(C)(C)C)cc5c32)c2oc3c(C(C)(C)C)cc(C(C)(C)C)cc3c2N4c2ccc(C(C)(C)C)cc2)cc1. The summed E-state index contributed by atoms with van der Waals surface area (Å²) in [5.41, 5.74) is 21.1. The average molecular weight is 1000 g/mol. The molecule has 76 heavy (non-hydrogen) atoms. The van der Waals surface area contributed by atoms with E-state index in [0.717, 1.165) is 89.9 Å². The average Bonchev–Trinajstić information content (AvgIpc) is 3.96. The lowest BCUT2D eigenvalue weighted by Gasteiger charge is -2.42. The fourth-order valence-electron chi connectivity index (χ4n) is 11.6. The number of hydrogen-bond acceptors (Lipinski definition) is 5. The summed E-state index contributed by atoms with van der Waals surface area (Å²) < 4.78 is 15.6. The van der Waals surface area contributed by atoms with Crippen LogP contribution in [0.25, 0.3) is 21.9 Å². The van der Waals surface area contributed by atoms with E-state index in [-0.39, 0.29) is 32.5 Å². The zero-order valence-electron chi connectivity index (χ0n) is 48.6. The van der Waals surface area contributed by atoms with Crippen molar-refractivity contribution in [2.45, 2.75) is 157 Å². The molecule has 0 saturated carbocycles. The molecule has 2 aliphatic rings. The maximum atomic E-state index is 7.80. The fourth-order valence-corrected chi connectivity index (χ4v) is 11.6. The molecule has 4 heterocycles. The molecule has 7 aromatic carbocycles. The van der Waals surface area contributed by atoms with Gasteiger partial charge in [-0.1, -0.05) is 197 Å². The van der Waals surface area contributed by atoms with Crippen molar-refractivity contribution in [3.8, 4) is 0 Å². The van der Waals surface area contributed by atoms with Crippen molar-refractivity contribution in [1.82, 2.24) is 0 Å². The summed E-state index contributed by atoms with van der Waals surface area (Å²) in [5, 5.41) is 2.21. The van der Waals surface area contributed by atoms with Crippen LogP contribution in [-0.4, -0.2) is 6.71 Å². The zero-order chi connectivity index (χ0) is 54.4. The first kappa shape index (κ1) is 51.2. The summed E-state index contributed by atoms with van der Waals surface area (Å²) in [7, 11) is 0. The minimum Gasteiger partial charge on any atom is -0.468 e. The summed E-state index contributed by atoms with van der Waals surface area (Å²) in [5.74, 6) is 0. The lowest BCUT2D eigenvalue weighted by molar-refractivity contribution is 0.555. The molecule has 388 valence electrons. The minimum absolute atomic E-state index is 0.0350. The van der Waals surface area contributed by atoms with Crippen LogP contribution < -0.4 is 31.5 Å². The highest BCUT2D eigenvalue weighted by Gasteiger charge is 2.51. The molecule has 0 atom stereocenters. The summed E-state index contributed by atoms with van der Waals surface area (Å²) >= 11 is 0. The number of para-hydroxylation sites is 2. The molecule has 9 aromatic rings. The quantitative estimate of drug-likeness (QED) is 0.161. The molecule has 0 bridgehead atoms. The first-order valence-electron chi connectivity index (χ1n) is 27.6. The topological polar surface area (TPSA) is 36.0 Å². The van der Waals surface area contributed by atoms with Crippen LogP contribution in [0.1, 0.15) is 158 Å². The second kappa shape index (κ2) is 17.3. The largest absolute Gasteiger partial charge is 0.468 e.